The molecule has 5 heteroatoms. The summed E-state index contributed by atoms with van der Waals surface area (Å²) in [6.07, 6.45) is 6.91. The number of carbonyl (C=O) groups is 2. The molecular weight excluding hydrogens is 288 g/mol. The van der Waals surface area contributed by atoms with Gasteiger partial charge >= 0.3 is 0 Å². The van der Waals surface area contributed by atoms with Gasteiger partial charge in [-0.2, -0.15) is 0 Å². The lowest BCUT2D eigenvalue weighted by Crippen LogP contribution is -2.41. The van der Waals surface area contributed by atoms with Crippen molar-refractivity contribution in [3.8, 4) is 0 Å². The molecule has 0 aromatic heterocycles. The monoisotopic (exact) mass is 308 g/mol. The van der Waals surface area contributed by atoms with Gasteiger partial charge in [0.25, 0.3) is 5.91 Å². The second-order valence-electron chi connectivity index (χ2n) is 5.45. The molecule has 0 spiro atoms. The topological polar surface area (TPSA) is 58.2 Å². The van der Waals surface area contributed by atoms with Crippen LogP contribution in [0.4, 0.5) is 0 Å². The average Bonchev–Trinajstić information content (AvgIpc) is 2.74. The van der Waals surface area contributed by atoms with Gasteiger partial charge in [-0.05, 0) is 37.1 Å². The smallest absolute Gasteiger partial charge is 0.251 e. The summed E-state index contributed by atoms with van der Waals surface area (Å²) < 4.78 is 0. The fourth-order valence-electron chi connectivity index (χ4n) is 2.57. The molecule has 0 unspecified atom stereocenters. The van der Waals surface area contributed by atoms with Crippen LogP contribution in [0.2, 0.25) is 5.02 Å². The maximum Gasteiger partial charge on any atom is 0.251 e. The molecule has 0 bridgehead atoms. The Kier molecular flexibility index (Phi) is 6.05. The van der Waals surface area contributed by atoms with E-state index in [9.17, 15) is 9.59 Å². The molecule has 0 radical (unpaired) electrons. The van der Waals surface area contributed by atoms with Gasteiger partial charge in [0.1, 0.15) is 0 Å². The van der Waals surface area contributed by atoms with E-state index in [-0.39, 0.29) is 24.4 Å². The molecule has 2 rings (SSSR count). The Bertz CT molecular complexity index is 480. The van der Waals surface area contributed by atoms with Crippen molar-refractivity contribution in [2.75, 3.05) is 6.54 Å². The summed E-state index contributed by atoms with van der Waals surface area (Å²) in [6, 6.07) is 6.85. The van der Waals surface area contributed by atoms with Crippen molar-refractivity contribution in [2.24, 2.45) is 0 Å². The highest BCUT2D eigenvalue weighted by Gasteiger charge is 2.15. The number of benzene rings is 1. The van der Waals surface area contributed by atoms with Crippen LogP contribution >= 0.6 is 11.6 Å². The highest BCUT2D eigenvalue weighted by Crippen LogP contribution is 2.17. The van der Waals surface area contributed by atoms with Crippen LogP contribution in [0.3, 0.4) is 0 Å². The van der Waals surface area contributed by atoms with Crippen molar-refractivity contribution < 1.29 is 9.59 Å². The van der Waals surface area contributed by atoms with Crippen LogP contribution in [0.15, 0.2) is 24.3 Å². The molecule has 2 N–H and O–H groups in total. The predicted octanol–water partition coefficient (Wildman–Crippen LogP) is 2.91. The average molecular weight is 309 g/mol. The van der Waals surface area contributed by atoms with Crippen LogP contribution in [-0.2, 0) is 4.79 Å². The highest BCUT2D eigenvalue weighted by atomic mass is 35.5. The first kappa shape index (κ1) is 15.8. The predicted molar refractivity (Wildman–Crippen MR) is 83.4 cm³/mol. The van der Waals surface area contributed by atoms with E-state index in [0.717, 1.165) is 12.8 Å². The van der Waals surface area contributed by atoms with E-state index in [1.165, 1.54) is 25.7 Å². The number of rotatable bonds is 4. The van der Waals surface area contributed by atoms with E-state index in [1.807, 2.05) is 0 Å². The fraction of sp³-hybridized carbons (Fsp3) is 0.500. The lowest BCUT2D eigenvalue weighted by molar-refractivity contribution is -0.120. The summed E-state index contributed by atoms with van der Waals surface area (Å²) >= 11 is 5.77. The van der Waals surface area contributed by atoms with Crippen LogP contribution in [-0.4, -0.2) is 24.4 Å². The van der Waals surface area contributed by atoms with Crippen LogP contribution in [0.1, 0.15) is 48.9 Å². The van der Waals surface area contributed by atoms with Gasteiger partial charge in [-0.1, -0.05) is 37.3 Å². The Balaban J connectivity index is 1.75. The maximum atomic E-state index is 11.9. The summed E-state index contributed by atoms with van der Waals surface area (Å²) in [5.74, 6) is -0.383. The second kappa shape index (κ2) is 8.03. The lowest BCUT2D eigenvalue weighted by atomic mass is 10.1. The number of halogens is 1. The molecule has 1 aromatic rings. The van der Waals surface area contributed by atoms with Crippen LogP contribution in [0.5, 0.6) is 0 Å². The van der Waals surface area contributed by atoms with Crippen molar-refractivity contribution in [1.29, 1.82) is 0 Å². The molecule has 1 aromatic carbocycles. The summed E-state index contributed by atoms with van der Waals surface area (Å²) in [4.78, 5) is 23.7. The number of amides is 2. The molecule has 0 atom stereocenters. The van der Waals surface area contributed by atoms with Crippen molar-refractivity contribution >= 4 is 23.4 Å². The number of hydrogen-bond donors (Lipinski definition) is 2. The van der Waals surface area contributed by atoms with E-state index >= 15 is 0 Å². The molecule has 2 amide bonds. The van der Waals surface area contributed by atoms with Gasteiger partial charge in [0.05, 0.1) is 6.54 Å². The molecular formula is C16H21ClN2O2. The zero-order valence-corrected chi connectivity index (χ0v) is 12.8. The summed E-state index contributed by atoms with van der Waals surface area (Å²) in [5, 5.41) is 6.21. The Hall–Kier alpha value is -1.55. The second-order valence-corrected chi connectivity index (χ2v) is 5.88. The highest BCUT2D eigenvalue weighted by molar-refractivity contribution is 6.30. The van der Waals surface area contributed by atoms with Gasteiger partial charge in [-0.3, -0.25) is 9.59 Å². The largest absolute Gasteiger partial charge is 0.352 e. The third-order valence-corrected chi connectivity index (χ3v) is 3.99. The van der Waals surface area contributed by atoms with Crippen molar-refractivity contribution in [3.05, 3.63) is 34.9 Å². The third-order valence-electron chi connectivity index (χ3n) is 3.74. The molecule has 0 saturated heterocycles. The van der Waals surface area contributed by atoms with Crippen LogP contribution < -0.4 is 10.6 Å². The molecule has 0 heterocycles. The Labute approximate surface area is 130 Å². The molecule has 0 aliphatic heterocycles. The van der Waals surface area contributed by atoms with E-state index in [0.29, 0.717) is 10.6 Å². The number of carbonyl (C=O) groups excluding carboxylic acids is 2. The zero-order chi connectivity index (χ0) is 15.1. The van der Waals surface area contributed by atoms with Crippen LogP contribution in [0, 0.1) is 0 Å². The first-order valence-corrected chi connectivity index (χ1v) is 7.86. The van der Waals surface area contributed by atoms with Gasteiger partial charge in [0.15, 0.2) is 0 Å². The minimum Gasteiger partial charge on any atom is -0.352 e. The molecule has 1 aliphatic carbocycles. The quantitative estimate of drug-likeness (QED) is 0.840. The third kappa shape index (κ3) is 5.38. The Morgan fingerprint density at radius 3 is 2.29 bits per heavy atom. The summed E-state index contributed by atoms with van der Waals surface area (Å²) in [6.45, 7) is 0.0119. The zero-order valence-electron chi connectivity index (χ0n) is 12.0. The van der Waals surface area contributed by atoms with Crippen molar-refractivity contribution in [2.45, 2.75) is 44.6 Å². The summed E-state index contributed by atoms with van der Waals surface area (Å²) in [7, 11) is 0. The number of nitrogens with one attached hydrogen (secondary N) is 2. The van der Waals surface area contributed by atoms with Gasteiger partial charge in [0.2, 0.25) is 5.91 Å². The minimum absolute atomic E-state index is 0.0119. The lowest BCUT2D eigenvalue weighted by Gasteiger charge is -2.16. The first-order chi connectivity index (χ1) is 10.1. The molecule has 21 heavy (non-hydrogen) atoms. The van der Waals surface area contributed by atoms with E-state index in [4.69, 9.17) is 11.6 Å². The van der Waals surface area contributed by atoms with E-state index in [1.54, 1.807) is 24.3 Å². The first-order valence-electron chi connectivity index (χ1n) is 7.48. The molecule has 4 nitrogen and oxygen atoms in total. The molecule has 1 saturated carbocycles. The van der Waals surface area contributed by atoms with Crippen LogP contribution in [0.25, 0.3) is 0 Å². The molecule has 1 aliphatic rings. The van der Waals surface area contributed by atoms with Gasteiger partial charge in [-0.25, -0.2) is 0 Å². The summed E-state index contributed by atoms with van der Waals surface area (Å²) in [5.41, 5.74) is 0.502. The maximum absolute atomic E-state index is 11.9. The SMILES string of the molecule is O=C(CNC(=O)c1ccc(Cl)cc1)NC1CCCCCC1. The van der Waals surface area contributed by atoms with Gasteiger partial charge in [-0.15, -0.1) is 0 Å². The van der Waals surface area contributed by atoms with Gasteiger partial charge < -0.3 is 10.6 Å². The van der Waals surface area contributed by atoms with Crippen molar-refractivity contribution in [3.63, 3.8) is 0 Å². The van der Waals surface area contributed by atoms with Crippen molar-refractivity contribution in [1.82, 2.24) is 10.6 Å². The van der Waals surface area contributed by atoms with E-state index < -0.39 is 0 Å². The Morgan fingerprint density at radius 2 is 1.67 bits per heavy atom. The Morgan fingerprint density at radius 1 is 1.05 bits per heavy atom. The minimum atomic E-state index is -0.261. The normalized spacial score (nSPS) is 16.0. The molecule has 1 fully saturated rings. The van der Waals surface area contributed by atoms with Gasteiger partial charge in [0, 0.05) is 16.6 Å². The fourth-order valence-corrected chi connectivity index (χ4v) is 2.69. The number of hydrogen-bond acceptors (Lipinski definition) is 2. The van der Waals surface area contributed by atoms with E-state index in [2.05, 4.69) is 10.6 Å². The molecule has 114 valence electrons. The standard InChI is InChI=1S/C16H21ClN2O2/c17-13-9-7-12(8-10-13)16(21)18-11-15(20)19-14-5-3-1-2-4-6-14/h7-10,14H,1-6,11H2,(H,18,21)(H,19,20).